The van der Waals surface area contributed by atoms with Crippen molar-refractivity contribution in [1.82, 2.24) is 9.78 Å². The van der Waals surface area contributed by atoms with E-state index < -0.39 is 5.82 Å². The first kappa shape index (κ1) is 14.5. The van der Waals surface area contributed by atoms with E-state index >= 15 is 0 Å². The molecule has 0 aliphatic rings. The van der Waals surface area contributed by atoms with E-state index in [1.165, 1.54) is 12.1 Å². The number of rotatable bonds is 6. The van der Waals surface area contributed by atoms with Crippen molar-refractivity contribution in [2.75, 3.05) is 0 Å². The van der Waals surface area contributed by atoms with Crippen LogP contribution in [-0.4, -0.2) is 14.9 Å². The van der Waals surface area contributed by atoms with Gasteiger partial charge in [0, 0.05) is 12.6 Å². The fourth-order valence-electron chi connectivity index (χ4n) is 2.03. The molecule has 4 nitrogen and oxygen atoms in total. The van der Waals surface area contributed by atoms with Gasteiger partial charge in [0.2, 0.25) is 0 Å². The van der Waals surface area contributed by atoms with Crippen LogP contribution in [0.1, 0.15) is 30.8 Å². The Labute approximate surface area is 117 Å². The minimum absolute atomic E-state index is 0.207. The van der Waals surface area contributed by atoms with Crippen molar-refractivity contribution in [3.05, 3.63) is 47.0 Å². The van der Waals surface area contributed by atoms with Crippen LogP contribution in [0.2, 0.25) is 0 Å². The van der Waals surface area contributed by atoms with E-state index in [2.05, 4.69) is 5.10 Å². The normalized spacial score (nSPS) is 10.8. The smallest absolute Gasteiger partial charge is 0.130 e. The summed E-state index contributed by atoms with van der Waals surface area (Å²) in [6, 6.07) is 6.23. The minimum Gasteiger partial charge on any atom is -0.487 e. The molecular formula is C15H19FN2O2. The van der Waals surface area contributed by atoms with Crippen molar-refractivity contribution in [3.8, 4) is 5.75 Å². The molecule has 2 aromatic rings. The third-order valence-corrected chi connectivity index (χ3v) is 3.08. The van der Waals surface area contributed by atoms with Gasteiger partial charge in [0.25, 0.3) is 0 Å². The number of aliphatic hydroxyl groups excluding tert-OH is 1. The Morgan fingerprint density at radius 1 is 1.25 bits per heavy atom. The largest absolute Gasteiger partial charge is 0.487 e. The lowest BCUT2D eigenvalue weighted by Gasteiger charge is -2.09. The first-order valence-corrected chi connectivity index (χ1v) is 6.75. The van der Waals surface area contributed by atoms with Gasteiger partial charge in [-0.05, 0) is 37.1 Å². The Kier molecular flexibility index (Phi) is 4.74. The van der Waals surface area contributed by atoms with Gasteiger partial charge in [-0.15, -0.1) is 0 Å². The molecule has 0 unspecified atom stereocenters. The SMILES string of the molecule is CCc1cc(COc2cc(F)cc(CO)c2)n(CC)n1. The highest BCUT2D eigenvalue weighted by Crippen LogP contribution is 2.18. The standard InChI is InChI=1S/C15H19FN2O2/c1-3-13-8-14(18(4-2)17-13)10-20-15-6-11(9-19)5-12(16)7-15/h5-8,19H,3-4,9-10H2,1-2H3. The molecule has 0 bridgehead atoms. The van der Waals surface area contributed by atoms with Crippen molar-refractivity contribution in [2.45, 2.75) is 40.0 Å². The van der Waals surface area contributed by atoms with Crippen LogP contribution in [0.15, 0.2) is 24.3 Å². The molecule has 20 heavy (non-hydrogen) atoms. The van der Waals surface area contributed by atoms with Gasteiger partial charge in [-0.1, -0.05) is 6.92 Å². The molecule has 1 N–H and O–H groups in total. The lowest BCUT2D eigenvalue weighted by molar-refractivity contribution is 0.274. The number of aromatic nitrogens is 2. The summed E-state index contributed by atoms with van der Waals surface area (Å²) >= 11 is 0. The van der Waals surface area contributed by atoms with Gasteiger partial charge >= 0.3 is 0 Å². The Balaban J connectivity index is 2.12. The molecular weight excluding hydrogens is 259 g/mol. The first-order valence-electron chi connectivity index (χ1n) is 6.75. The predicted octanol–water partition coefficient (Wildman–Crippen LogP) is 2.68. The number of hydrogen-bond donors (Lipinski definition) is 1. The third kappa shape index (κ3) is 3.36. The molecule has 0 aliphatic carbocycles. The number of ether oxygens (including phenoxy) is 1. The lowest BCUT2D eigenvalue weighted by Crippen LogP contribution is -2.06. The molecule has 5 heteroatoms. The molecule has 0 radical (unpaired) electrons. The van der Waals surface area contributed by atoms with E-state index in [0.717, 1.165) is 24.4 Å². The molecule has 1 heterocycles. The van der Waals surface area contributed by atoms with Gasteiger partial charge in [-0.2, -0.15) is 5.10 Å². The number of halogens is 1. The highest BCUT2D eigenvalue weighted by atomic mass is 19.1. The molecule has 0 aliphatic heterocycles. The number of aryl methyl sites for hydroxylation is 2. The van der Waals surface area contributed by atoms with E-state index in [0.29, 0.717) is 17.9 Å². The molecule has 0 saturated heterocycles. The summed E-state index contributed by atoms with van der Waals surface area (Å²) in [5, 5.41) is 13.5. The van der Waals surface area contributed by atoms with Crippen molar-refractivity contribution >= 4 is 0 Å². The summed E-state index contributed by atoms with van der Waals surface area (Å²) in [5.74, 6) is 0.000693. The molecule has 1 aromatic carbocycles. The van der Waals surface area contributed by atoms with Crippen LogP contribution >= 0.6 is 0 Å². The Morgan fingerprint density at radius 2 is 2.05 bits per heavy atom. The second kappa shape index (κ2) is 6.52. The summed E-state index contributed by atoms with van der Waals surface area (Å²) in [6.07, 6.45) is 0.870. The minimum atomic E-state index is -0.412. The second-order valence-corrected chi connectivity index (χ2v) is 4.54. The van der Waals surface area contributed by atoms with Crippen LogP contribution in [0.5, 0.6) is 5.75 Å². The molecule has 0 spiro atoms. The highest BCUT2D eigenvalue weighted by molar-refractivity contribution is 5.29. The Hall–Kier alpha value is -1.88. The van der Waals surface area contributed by atoms with Gasteiger partial charge in [-0.25, -0.2) is 4.39 Å². The van der Waals surface area contributed by atoms with Gasteiger partial charge in [0.1, 0.15) is 18.2 Å². The maximum Gasteiger partial charge on any atom is 0.130 e. The van der Waals surface area contributed by atoms with Crippen molar-refractivity contribution in [2.24, 2.45) is 0 Å². The molecule has 108 valence electrons. The molecule has 0 fully saturated rings. The maximum absolute atomic E-state index is 13.3. The molecule has 1 aromatic heterocycles. The topological polar surface area (TPSA) is 47.3 Å². The molecule has 2 rings (SSSR count). The summed E-state index contributed by atoms with van der Waals surface area (Å²) in [7, 11) is 0. The van der Waals surface area contributed by atoms with Crippen molar-refractivity contribution in [1.29, 1.82) is 0 Å². The maximum atomic E-state index is 13.3. The Bertz CT molecular complexity index is 581. The van der Waals surface area contributed by atoms with E-state index in [-0.39, 0.29) is 6.61 Å². The van der Waals surface area contributed by atoms with Gasteiger partial charge in [-0.3, -0.25) is 4.68 Å². The molecule has 0 atom stereocenters. The van der Waals surface area contributed by atoms with E-state index in [4.69, 9.17) is 9.84 Å². The monoisotopic (exact) mass is 278 g/mol. The summed E-state index contributed by atoms with van der Waals surface area (Å²) in [5.41, 5.74) is 2.47. The highest BCUT2D eigenvalue weighted by Gasteiger charge is 2.07. The van der Waals surface area contributed by atoms with Crippen LogP contribution in [0, 0.1) is 5.82 Å². The Morgan fingerprint density at radius 3 is 2.70 bits per heavy atom. The summed E-state index contributed by atoms with van der Waals surface area (Å²) < 4.78 is 20.8. The van der Waals surface area contributed by atoms with E-state index in [1.807, 2.05) is 24.6 Å². The number of benzene rings is 1. The van der Waals surface area contributed by atoms with Crippen LogP contribution in [-0.2, 0) is 26.2 Å². The lowest BCUT2D eigenvalue weighted by atomic mass is 10.2. The predicted molar refractivity (Wildman–Crippen MR) is 73.9 cm³/mol. The van der Waals surface area contributed by atoms with Gasteiger partial charge in [0.15, 0.2) is 0 Å². The average molecular weight is 278 g/mol. The first-order chi connectivity index (χ1) is 9.66. The summed E-state index contributed by atoms with van der Waals surface area (Å²) in [6.45, 7) is 4.95. The van der Waals surface area contributed by atoms with E-state index in [1.54, 1.807) is 6.07 Å². The zero-order valence-electron chi connectivity index (χ0n) is 11.8. The van der Waals surface area contributed by atoms with E-state index in [9.17, 15) is 4.39 Å². The number of hydrogen-bond acceptors (Lipinski definition) is 3. The number of aliphatic hydroxyl groups is 1. The summed E-state index contributed by atoms with van der Waals surface area (Å²) in [4.78, 5) is 0. The molecule has 0 amide bonds. The molecule has 0 saturated carbocycles. The average Bonchev–Trinajstić information content (AvgIpc) is 2.87. The van der Waals surface area contributed by atoms with Gasteiger partial charge in [0.05, 0.1) is 18.0 Å². The van der Waals surface area contributed by atoms with Crippen molar-refractivity contribution in [3.63, 3.8) is 0 Å². The second-order valence-electron chi connectivity index (χ2n) is 4.54. The third-order valence-electron chi connectivity index (χ3n) is 3.08. The van der Waals surface area contributed by atoms with Crippen LogP contribution in [0.4, 0.5) is 4.39 Å². The fourth-order valence-corrected chi connectivity index (χ4v) is 2.03. The van der Waals surface area contributed by atoms with Gasteiger partial charge < -0.3 is 9.84 Å². The quantitative estimate of drug-likeness (QED) is 0.883. The zero-order valence-corrected chi connectivity index (χ0v) is 11.8. The zero-order chi connectivity index (χ0) is 14.5. The number of nitrogens with zero attached hydrogens (tertiary/aromatic N) is 2. The van der Waals surface area contributed by atoms with Crippen LogP contribution in [0.25, 0.3) is 0 Å². The van der Waals surface area contributed by atoms with Crippen LogP contribution in [0.3, 0.4) is 0 Å². The fraction of sp³-hybridized carbons (Fsp3) is 0.400. The van der Waals surface area contributed by atoms with Crippen molar-refractivity contribution < 1.29 is 14.2 Å². The van der Waals surface area contributed by atoms with Crippen LogP contribution < -0.4 is 4.74 Å².